The average Bonchev–Trinajstić information content (AvgIpc) is 3.14. The monoisotopic (exact) mass is 488 g/mol. The van der Waals surface area contributed by atoms with Gasteiger partial charge >= 0.3 is 0 Å². The van der Waals surface area contributed by atoms with Crippen LogP contribution in [0, 0.1) is 13.8 Å². The third-order valence-electron chi connectivity index (χ3n) is 6.55. The Balaban J connectivity index is 1.55. The van der Waals surface area contributed by atoms with Crippen molar-refractivity contribution in [3.8, 4) is 5.69 Å². The number of aromatic nitrogens is 1. The number of hydrazone groups is 1. The van der Waals surface area contributed by atoms with Gasteiger partial charge in [0, 0.05) is 46.0 Å². The highest BCUT2D eigenvalue weighted by Gasteiger charge is 2.31. The van der Waals surface area contributed by atoms with Crippen LogP contribution in [0.15, 0.2) is 59.7 Å². The van der Waals surface area contributed by atoms with Crippen LogP contribution in [0.5, 0.6) is 0 Å². The normalized spacial score (nSPS) is 14.7. The van der Waals surface area contributed by atoms with E-state index in [1.165, 1.54) is 5.57 Å². The van der Waals surface area contributed by atoms with Gasteiger partial charge in [-0.2, -0.15) is 5.10 Å². The van der Waals surface area contributed by atoms with Crippen molar-refractivity contribution < 1.29 is 4.79 Å². The van der Waals surface area contributed by atoms with E-state index in [-0.39, 0.29) is 11.4 Å². The number of allylic oxidation sites excluding steroid dienone is 1. The van der Waals surface area contributed by atoms with E-state index in [0.717, 1.165) is 46.9 Å². The highest BCUT2D eigenvalue weighted by molar-refractivity contribution is 6.33. The minimum atomic E-state index is -0.272. The van der Waals surface area contributed by atoms with Gasteiger partial charge in [-0.15, -0.1) is 0 Å². The zero-order valence-electron chi connectivity index (χ0n) is 21.3. The van der Waals surface area contributed by atoms with Crippen molar-refractivity contribution in [2.75, 3.05) is 11.4 Å². The molecule has 2 heterocycles. The standard InChI is InChI=1S/C29H33ClN4O/c1-7-13-33-27-16-26(30)23(15-25(27)19(2)17-29(33,5)6)18-31-32-28(35)22-9-8-10-24(14-22)34-20(3)11-12-21(34)4/h8-12,14-18H,7,13H2,1-6H3,(H,32,35)/b31-18-. The summed E-state index contributed by atoms with van der Waals surface area (Å²) < 4.78 is 2.12. The Hall–Kier alpha value is -3.31. The van der Waals surface area contributed by atoms with Crippen molar-refractivity contribution in [2.24, 2.45) is 5.10 Å². The molecule has 182 valence electrons. The number of nitrogens with one attached hydrogen (secondary N) is 1. The zero-order valence-corrected chi connectivity index (χ0v) is 22.1. The number of amides is 1. The van der Waals surface area contributed by atoms with Crippen LogP contribution < -0.4 is 10.3 Å². The SMILES string of the molecule is CCCN1c2cc(Cl)c(/C=N\NC(=O)c3cccc(-n4c(C)ccc4C)c3)cc2C(C)=CC1(C)C. The fourth-order valence-electron chi connectivity index (χ4n) is 4.93. The minimum absolute atomic E-state index is 0.0771. The third kappa shape index (κ3) is 4.92. The first-order valence-electron chi connectivity index (χ1n) is 12.0. The van der Waals surface area contributed by atoms with Crippen molar-refractivity contribution in [3.63, 3.8) is 0 Å². The molecular formula is C29H33ClN4O. The van der Waals surface area contributed by atoms with Crippen molar-refractivity contribution in [1.29, 1.82) is 0 Å². The maximum Gasteiger partial charge on any atom is 0.271 e. The molecule has 0 atom stereocenters. The molecule has 0 bridgehead atoms. The van der Waals surface area contributed by atoms with E-state index in [4.69, 9.17) is 11.6 Å². The molecule has 5 nitrogen and oxygen atoms in total. The molecule has 1 aromatic heterocycles. The molecule has 0 aliphatic carbocycles. The smallest absolute Gasteiger partial charge is 0.271 e. The molecule has 4 rings (SSSR count). The number of anilines is 1. The van der Waals surface area contributed by atoms with Crippen LogP contribution in [0.3, 0.4) is 0 Å². The van der Waals surface area contributed by atoms with E-state index in [1.54, 1.807) is 12.3 Å². The first-order valence-corrected chi connectivity index (χ1v) is 12.4. The van der Waals surface area contributed by atoms with Crippen LogP contribution in [0.25, 0.3) is 11.3 Å². The molecule has 1 aliphatic rings. The number of carbonyl (C=O) groups is 1. The van der Waals surface area contributed by atoms with Crippen LogP contribution in [0.4, 0.5) is 5.69 Å². The molecule has 0 saturated heterocycles. The van der Waals surface area contributed by atoms with Gasteiger partial charge in [-0.3, -0.25) is 4.79 Å². The second-order valence-electron chi connectivity index (χ2n) is 9.72. The van der Waals surface area contributed by atoms with Gasteiger partial charge in [0.1, 0.15) is 0 Å². The molecule has 0 unspecified atom stereocenters. The molecule has 0 fully saturated rings. The number of hydrogen-bond acceptors (Lipinski definition) is 3. The van der Waals surface area contributed by atoms with Crippen LogP contribution in [-0.2, 0) is 0 Å². The van der Waals surface area contributed by atoms with Crippen molar-refractivity contribution in [2.45, 2.75) is 53.5 Å². The summed E-state index contributed by atoms with van der Waals surface area (Å²) in [6.45, 7) is 13.8. The summed E-state index contributed by atoms with van der Waals surface area (Å²) in [6.07, 6.45) is 4.96. The van der Waals surface area contributed by atoms with Crippen molar-refractivity contribution >= 4 is 35.0 Å². The fraction of sp³-hybridized carbons (Fsp3) is 0.310. The van der Waals surface area contributed by atoms with Crippen LogP contribution in [-0.4, -0.2) is 28.8 Å². The molecule has 0 radical (unpaired) electrons. The second kappa shape index (κ2) is 9.74. The number of carbonyl (C=O) groups excluding carboxylic acids is 1. The summed E-state index contributed by atoms with van der Waals surface area (Å²) >= 11 is 6.65. The predicted octanol–water partition coefficient (Wildman–Crippen LogP) is 6.92. The van der Waals surface area contributed by atoms with Gasteiger partial charge in [-0.25, -0.2) is 5.43 Å². The van der Waals surface area contributed by atoms with Gasteiger partial charge in [0.25, 0.3) is 5.91 Å². The first-order chi connectivity index (χ1) is 16.6. The Kier molecular flexibility index (Phi) is 6.91. The van der Waals surface area contributed by atoms with Crippen molar-refractivity contribution in [3.05, 3.63) is 87.7 Å². The van der Waals surface area contributed by atoms with E-state index >= 15 is 0 Å². The van der Waals surface area contributed by atoms with Crippen molar-refractivity contribution in [1.82, 2.24) is 9.99 Å². The second-order valence-corrected chi connectivity index (χ2v) is 10.1. The fourth-order valence-corrected chi connectivity index (χ4v) is 5.14. The molecule has 6 heteroatoms. The number of fused-ring (bicyclic) bond motifs is 1. The van der Waals surface area contributed by atoms with E-state index in [0.29, 0.717) is 10.6 Å². The Morgan fingerprint density at radius 2 is 1.80 bits per heavy atom. The molecule has 1 aliphatic heterocycles. The van der Waals surface area contributed by atoms with E-state index in [1.807, 2.05) is 38.1 Å². The van der Waals surface area contributed by atoms with Gasteiger partial charge in [0.15, 0.2) is 0 Å². The summed E-state index contributed by atoms with van der Waals surface area (Å²) in [5.74, 6) is -0.272. The topological polar surface area (TPSA) is 49.6 Å². The molecule has 1 amide bonds. The average molecular weight is 489 g/mol. The third-order valence-corrected chi connectivity index (χ3v) is 6.88. The van der Waals surface area contributed by atoms with Gasteiger partial charge in [-0.1, -0.05) is 30.7 Å². The lowest BCUT2D eigenvalue weighted by molar-refractivity contribution is 0.0955. The first kappa shape index (κ1) is 24.8. The minimum Gasteiger partial charge on any atom is -0.362 e. The lowest BCUT2D eigenvalue weighted by atomic mass is 9.88. The number of aryl methyl sites for hydroxylation is 2. The molecule has 3 aromatic rings. The summed E-state index contributed by atoms with van der Waals surface area (Å²) in [7, 11) is 0. The summed E-state index contributed by atoms with van der Waals surface area (Å²) in [5, 5.41) is 4.82. The maximum atomic E-state index is 12.8. The number of hydrogen-bond donors (Lipinski definition) is 1. The molecule has 2 aromatic carbocycles. The van der Waals surface area contributed by atoms with Gasteiger partial charge < -0.3 is 9.47 Å². The van der Waals surface area contributed by atoms with Gasteiger partial charge in [0.05, 0.1) is 16.8 Å². The number of nitrogens with zero attached hydrogens (tertiary/aromatic N) is 3. The Morgan fingerprint density at radius 3 is 2.49 bits per heavy atom. The van der Waals surface area contributed by atoms with E-state index < -0.39 is 0 Å². The van der Waals surface area contributed by atoms with E-state index in [9.17, 15) is 4.79 Å². The number of halogens is 1. The van der Waals surface area contributed by atoms with Crippen LogP contribution >= 0.6 is 11.6 Å². The predicted molar refractivity (Wildman–Crippen MR) is 147 cm³/mol. The summed E-state index contributed by atoms with van der Waals surface area (Å²) in [5.41, 5.74) is 10.5. The lowest BCUT2D eigenvalue weighted by Gasteiger charge is -2.43. The molecule has 35 heavy (non-hydrogen) atoms. The van der Waals surface area contributed by atoms with E-state index in [2.05, 4.69) is 72.0 Å². The molecule has 0 spiro atoms. The van der Waals surface area contributed by atoms with Gasteiger partial charge in [-0.05, 0) is 89.1 Å². The molecular weight excluding hydrogens is 456 g/mol. The zero-order chi connectivity index (χ0) is 25.3. The lowest BCUT2D eigenvalue weighted by Crippen LogP contribution is -2.45. The number of benzene rings is 2. The highest BCUT2D eigenvalue weighted by Crippen LogP contribution is 2.41. The quantitative estimate of drug-likeness (QED) is 0.302. The molecule has 0 saturated carbocycles. The van der Waals surface area contributed by atoms with Crippen LogP contribution in [0.1, 0.15) is 67.0 Å². The Labute approximate surface area is 213 Å². The number of rotatable bonds is 6. The Morgan fingerprint density at radius 1 is 1.09 bits per heavy atom. The summed E-state index contributed by atoms with van der Waals surface area (Å²) in [4.78, 5) is 15.2. The summed E-state index contributed by atoms with van der Waals surface area (Å²) in [6, 6.07) is 15.7. The highest BCUT2D eigenvalue weighted by atomic mass is 35.5. The maximum absolute atomic E-state index is 12.8. The van der Waals surface area contributed by atoms with Gasteiger partial charge in [0.2, 0.25) is 0 Å². The molecule has 1 N–H and O–H groups in total. The Bertz CT molecular complexity index is 1310. The largest absolute Gasteiger partial charge is 0.362 e. The van der Waals surface area contributed by atoms with Crippen LogP contribution in [0.2, 0.25) is 5.02 Å².